The van der Waals surface area contributed by atoms with Crippen LogP contribution in [-0.4, -0.2) is 29.8 Å². The molecule has 108 valence electrons. The molecular weight excluding hydrogens is 266 g/mol. The number of amides is 2. The van der Waals surface area contributed by atoms with Crippen molar-refractivity contribution in [3.63, 3.8) is 0 Å². The molecule has 1 aliphatic rings. The fraction of sp³-hybridized carbons (Fsp3) is 0.429. The molecule has 0 radical (unpaired) electrons. The normalized spacial score (nSPS) is 18.8. The number of hydrogen-bond acceptors (Lipinski definition) is 2. The SMILES string of the molecule is CC(=O)N1CCC[C@@H](C(=O)Nc2ccc(F)c(F)c2)C1. The Kier molecular flexibility index (Phi) is 4.32. The molecule has 1 saturated heterocycles. The van der Waals surface area contributed by atoms with Crippen LogP contribution in [0.15, 0.2) is 18.2 Å². The number of benzene rings is 1. The van der Waals surface area contributed by atoms with E-state index in [1.165, 1.54) is 13.0 Å². The first-order chi connectivity index (χ1) is 9.47. The van der Waals surface area contributed by atoms with Crippen LogP contribution in [0.3, 0.4) is 0 Å². The Hall–Kier alpha value is -1.98. The van der Waals surface area contributed by atoms with Gasteiger partial charge in [-0.1, -0.05) is 0 Å². The van der Waals surface area contributed by atoms with E-state index in [1.807, 2.05) is 0 Å². The van der Waals surface area contributed by atoms with Crippen LogP contribution in [0.5, 0.6) is 0 Å². The number of halogens is 2. The molecule has 1 aromatic carbocycles. The van der Waals surface area contributed by atoms with Crippen LogP contribution in [0.25, 0.3) is 0 Å². The minimum absolute atomic E-state index is 0.0599. The van der Waals surface area contributed by atoms with Crippen molar-refractivity contribution in [2.24, 2.45) is 5.92 Å². The van der Waals surface area contributed by atoms with Crippen molar-refractivity contribution in [3.05, 3.63) is 29.8 Å². The number of rotatable bonds is 2. The topological polar surface area (TPSA) is 49.4 Å². The molecule has 20 heavy (non-hydrogen) atoms. The maximum absolute atomic E-state index is 13.1. The van der Waals surface area contributed by atoms with E-state index in [-0.39, 0.29) is 23.4 Å². The van der Waals surface area contributed by atoms with Gasteiger partial charge in [0.2, 0.25) is 11.8 Å². The first-order valence-corrected chi connectivity index (χ1v) is 6.49. The predicted octanol–water partition coefficient (Wildman–Crippen LogP) is 2.16. The first kappa shape index (κ1) is 14.4. The van der Waals surface area contributed by atoms with Crippen LogP contribution in [0.2, 0.25) is 0 Å². The average molecular weight is 282 g/mol. The maximum Gasteiger partial charge on any atom is 0.229 e. The van der Waals surface area contributed by atoms with E-state index in [4.69, 9.17) is 0 Å². The Morgan fingerprint density at radius 1 is 1.30 bits per heavy atom. The molecular formula is C14H16F2N2O2. The van der Waals surface area contributed by atoms with Gasteiger partial charge in [0, 0.05) is 31.8 Å². The Morgan fingerprint density at radius 3 is 2.70 bits per heavy atom. The minimum atomic E-state index is -1.00. The van der Waals surface area contributed by atoms with Crippen LogP contribution >= 0.6 is 0 Å². The summed E-state index contributed by atoms with van der Waals surface area (Å²) in [7, 11) is 0. The van der Waals surface area contributed by atoms with Gasteiger partial charge in [0.05, 0.1) is 5.92 Å². The van der Waals surface area contributed by atoms with E-state index in [1.54, 1.807) is 4.90 Å². The molecule has 4 nitrogen and oxygen atoms in total. The van der Waals surface area contributed by atoms with Crippen LogP contribution in [0.1, 0.15) is 19.8 Å². The number of nitrogens with zero attached hydrogens (tertiary/aromatic N) is 1. The largest absolute Gasteiger partial charge is 0.342 e. The number of anilines is 1. The second-order valence-corrected chi connectivity index (χ2v) is 4.92. The van der Waals surface area contributed by atoms with E-state index < -0.39 is 11.6 Å². The highest BCUT2D eigenvalue weighted by Crippen LogP contribution is 2.20. The van der Waals surface area contributed by atoms with Crippen molar-refractivity contribution in [1.29, 1.82) is 0 Å². The van der Waals surface area contributed by atoms with Gasteiger partial charge in [-0.05, 0) is 25.0 Å². The van der Waals surface area contributed by atoms with Crippen molar-refractivity contribution in [3.8, 4) is 0 Å². The average Bonchev–Trinajstić information content (AvgIpc) is 2.43. The fourth-order valence-electron chi connectivity index (χ4n) is 2.30. The molecule has 0 saturated carbocycles. The maximum atomic E-state index is 13.1. The van der Waals surface area contributed by atoms with E-state index >= 15 is 0 Å². The lowest BCUT2D eigenvalue weighted by Crippen LogP contribution is -2.42. The number of hydrogen-bond donors (Lipinski definition) is 1. The summed E-state index contributed by atoms with van der Waals surface area (Å²) < 4.78 is 25.9. The standard InChI is InChI=1S/C14H16F2N2O2/c1-9(19)18-6-2-3-10(8-18)14(20)17-11-4-5-12(15)13(16)7-11/h4-5,7,10H,2-3,6,8H2,1H3,(H,17,20)/t10-/m1/s1. The Bertz CT molecular complexity index is 534. The lowest BCUT2D eigenvalue weighted by molar-refractivity contribution is -0.132. The summed E-state index contributed by atoms with van der Waals surface area (Å²) in [4.78, 5) is 25.0. The van der Waals surface area contributed by atoms with Crippen molar-refractivity contribution in [2.75, 3.05) is 18.4 Å². The van der Waals surface area contributed by atoms with Gasteiger partial charge in [-0.3, -0.25) is 9.59 Å². The van der Waals surface area contributed by atoms with Gasteiger partial charge in [0.1, 0.15) is 0 Å². The Morgan fingerprint density at radius 2 is 2.05 bits per heavy atom. The molecule has 1 heterocycles. The van der Waals surface area contributed by atoms with Crippen molar-refractivity contribution in [1.82, 2.24) is 4.90 Å². The molecule has 1 aliphatic heterocycles. The Balaban J connectivity index is 2.00. The summed E-state index contributed by atoms with van der Waals surface area (Å²) in [6.45, 7) is 2.49. The van der Waals surface area contributed by atoms with Crippen LogP contribution < -0.4 is 5.32 Å². The highest BCUT2D eigenvalue weighted by Gasteiger charge is 2.27. The zero-order valence-electron chi connectivity index (χ0n) is 11.2. The summed E-state index contributed by atoms with van der Waals surface area (Å²) in [5.41, 5.74) is 0.217. The van der Waals surface area contributed by atoms with Crippen molar-refractivity contribution in [2.45, 2.75) is 19.8 Å². The van der Waals surface area contributed by atoms with E-state index in [0.717, 1.165) is 18.6 Å². The predicted molar refractivity (Wildman–Crippen MR) is 70.0 cm³/mol. The number of carbonyl (C=O) groups is 2. The van der Waals surface area contributed by atoms with Gasteiger partial charge in [0.15, 0.2) is 11.6 Å². The van der Waals surface area contributed by atoms with Gasteiger partial charge in [-0.15, -0.1) is 0 Å². The summed E-state index contributed by atoms with van der Waals surface area (Å²) >= 11 is 0. The second kappa shape index (κ2) is 5.98. The number of likely N-dealkylation sites (tertiary alicyclic amines) is 1. The molecule has 0 aromatic heterocycles. The molecule has 2 rings (SSSR count). The molecule has 1 N–H and O–H groups in total. The molecule has 1 aromatic rings. The lowest BCUT2D eigenvalue weighted by atomic mass is 9.97. The molecule has 0 aliphatic carbocycles. The number of piperidine rings is 1. The Labute approximate surface area is 115 Å². The number of nitrogens with one attached hydrogen (secondary N) is 1. The highest BCUT2D eigenvalue weighted by atomic mass is 19.2. The highest BCUT2D eigenvalue weighted by molar-refractivity contribution is 5.93. The molecule has 1 atom stereocenters. The molecule has 0 spiro atoms. The van der Waals surface area contributed by atoms with E-state index in [2.05, 4.69) is 5.32 Å². The third kappa shape index (κ3) is 3.31. The number of carbonyl (C=O) groups excluding carboxylic acids is 2. The molecule has 2 amide bonds. The molecule has 1 fully saturated rings. The van der Waals surface area contributed by atoms with Crippen molar-refractivity contribution >= 4 is 17.5 Å². The zero-order chi connectivity index (χ0) is 14.7. The van der Waals surface area contributed by atoms with Gasteiger partial charge in [0.25, 0.3) is 0 Å². The zero-order valence-corrected chi connectivity index (χ0v) is 11.2. The van der Waals surface area contributed by atoms with Crippen molar-refractivity contribution < 1.29 is 18.4 Å². The minimum Gasteiger partial charge on any atom is -0.342 e. The molecule has 0 unspecified atom stereocenters. The third-order valence-corrected chi connectivity index (χ3v) is 3.42. The van der Waals surface area contributed by atoms with Gasteiger partial charge < -0.3 is 10.2 Å². The second-order valence-electron chi connectivity index (χ2n) is 4.92. The first-order valence-electron chi connectivity index (χ1n) is 6.49. The van der Waals surface area contributed by atoms with Crippen LogP contribution in [0, 0.1) is 17.6 Å². The van der Waals surface area contributed by atoms with Gasteiger partial charge in [-0.25, -0.2) is 8.78 Å². The lowest BCUT2D eigenvalue weighted by Gasteiger charge is -2.31. The van der Waals surface area contributed by atoms with Crippen LogP contribution in [-0.2, 0) is 9.59 Å². The third-order valence-electron chi connectivity index (χ3n) is 3.42. The summed E-state index contributed by atoms with van der Waals surface area (Å²) in [6, 6.07) is 3.22. The fourth-order valence-corrected chi connectivity index (χ4v) is 2.30. The van der Waals surface area contributed by atoms with E-state index in [0.29, 0.717) is 19.5 Å². The summed E-state index contributed by atoms with van der Waals surface area (Å²) in [5, 5.41) is 2.56. The van der Waals surface area contributed by atoms with Gasteiger partial charge in [-0.2, -0.15) is 0 Å². The van der Waals surface area contributed by atoms with E-state index in [9.17, 15) is 18.4 Å². The summed E-state index contributed by atoms with van der Waals surface area (Å²) in [5.74, 6) is -2.61. The summed E-state index contributed by atoms with van der Waals surface area (Å²) in [6.07, 6.45) is 1.44. The smallest absolute Gasteiger partial charge is 0.229 e. The molecule has 0 bridgehead atoms. The quantitative estimate of drug-likeness (QED) is 0.903. The molecule has 6 heteroatoms. The monoisotopic (exact) mass is 282 g/mol. The van der Waals surface area contributed by atoms with Gasteiger partial charge >= 0.3 is 0 Å². The van der Waals surface area contributed by atoms with Crippen LogP contribution in [0.4, 0.5) is 14.5 Å².